The first kappa shape index (κ1) is 32.9. The molecule has 2 heterocycles. The number of nitrogens with one attached hydrogen (secondary N) is 1. The molecule has 11 nitrogen and oxygen atoms in total. The van der Waals surface area contributed by atoms with Crippen LogP contribution in [0.1, 0.15) is 5.56 Å². The number of nitrogens with zero attached hydrogens (tertiary/aromatic N) is 3. The summed E-state index contributed by atoms with van der Waals surface area (Å²) >= 11 is 4.09. The smallest absolute Gasteiger partial charge is 0.338 e. The fraction of sp³-hybridized carbons (Fsp3) is 0.281. The van der Waals surface area contributed by atoms with Crippen molar-refractivity contribution in [2.24, 2.45) is 0 Å². The predicted octanol–water partition coefficient (Wildman–Crippen LogP) is 4.52. The number of methoxy groups -OCH3 is 1. The van der Waals surface area contributed by atoms with Crippen molar-refractivity contribution in [2.45, 2.75) is 12.5 Å². The zero-order valence-corrected chi connectivity index (χ0v) is 25.7. The molecule has 1 aromatic heterocycles. The first-order valence-electron chi connectivity index (χ1n) is 14.3. The molecular weight excluding hydrogens is 622 g/mol. The van der Waals surface area contributed by atoms with Gasteiger partial charge in [0.2, 0.25) is 5.91 Å². The van der Waals surface area contributed by atoms with E-state index in [-0.39, 0.29) is 35.8 Å². The van der Waals surface area contributed by atoms with Crippen molar-refractivity contribution in [1.82, 2.24) is 15.2 Å². The van der Waals surface area contributed by atoms with Gasteiger partial charge in [0, 0.05) is 43.4 Å². The molecule has 0 radical (unpaired) electrons. The number of thiol groups is 1. The zero-order valence-electron chi connectivity index (χ0n) is 24.8. The van der Waals surface area contributed by atoms with E-state index >= 15 is 4.39 Å². The van der Waals surface area contributed by atoms with E-state index in [1.54, 1.807) is 24.3 Å². The number of carbonyl (C=O) groups excluding carboxylic acids is 2. The average molecular weight is 655 g/mol. The number of hydrogen-bond donors (Lipinski definition) is 3. The lowest BCUT2D eigenvalue weighted by atomic mass is 10.1. The van der Waals surface area contributed by atoms with E-state index in [0.717, 1.165) is 23.5 Å². The Morgan fingerprint density at radius 1 is 1.04 bits per heavy atom. The second-order valence-corrected chi connectivity index (χ2v) is 10.8. The van der Waals surface area contributed by atoms with Crippen molar-refractivity contribution >= 4 is 41.3 Å². The van der Waals surface area contributed by atoms with Gasteiger partial charge in [0.15, 0.2) is 23.1 Å². The first-order valence-corrected chi connectivity index (χ1v) is 14.7. The molecule has 4 aromatic rings. The maximum Gasteiger partial charge on any atom is 0.338 e. The van der Waals surface area contributed by atoms with E-state index in [1.165, 1.54) is 43.6 Å². The SMILES string of the molecule is COc1cc2c(Oc3ccc(N(S)C(=O)NC(=O)Cc4ccccc4F)cc3F)ccnc2cc1OCC(O)CN1CCOCC1. The standard InChI is InChI=1S/C32H32F2N4O7S/c1-42-29-16-23-26(17-30(29)44-19-22(39)18-37-10-12-43-13-11-37)35-9-8-27(23)45-28-7-6-21(15-25(28)34)38(46)32(41)36-31(40)14-20-4-2-3-5-24(20)33/h2-9,15-17,22,39,46H,10-14,18-19H2,1H3,(H,36,40,41). The van der Waals surface area contributed by atoms with Gasteiger partial charge in [0.1, 0.15) is 24.3 Å². The molecule has 0 saturated carbocycles. The van der Waals surface area contributed by atoms with Crippen molar-refractivity contribution in [3.63, 3.8) is 0 Å². The lowest BCUT2D eigenvalue weighted by molar-refractivity contribution is -0.119. The Labute approximate surface area is 269 Å². The third-order valence-corrected chi connectivity index (χ3v) is 7.53. The number of amides is 3. The minimum Gasteiger partial charge on any atom is -0.493 e. The van der Waals surface area contributed by atoms with Gasteiger partial charge in [-0.15, -0.1) is 0 Å². The number of hydrogen-bond acceptors (Lipinski definition) is 10. The van der Waals surface area contributed by atoms with Crippen LogP contribution in [-0.2, 0) is 16.0 Å². The van der Waals surface area contributed by atoms with Crippen LogP contribution in [0, 0.1) is 11.6 Å². The van der Waals surface area contributed by atoms with Crippen LogP contribution in [0.3, 0.4) is 0 Å². The van der Waals surface area contributed by atoms with Crippen molar-refractivity contribution in [3.05, 3.63) is 84.1 Å². The van der Waals surface area contributed by atoms with Crippen LogP contribution in [0.15, 0.2) is 66.9 Å². The van der Waals surface area contributed by atoms with Gasteiger partial charge < -0.3 is 24.1 Å². The molecule has 1 unspecified atom stereocenters. The Hall–Kier alpha value is -4.50. The van der Waals surface area contributed by atoms with Crippen LogP contribution >= 0.6 is 12.8 Å². The van der Waals surface area contributed by atoms with E-state index in [0.29, 0.717) is 42.2 Å². The second-order valence-electron chi connectivity index (χ2n) is 10.4. The van der Waals surface area contributed by atoms with Crippen molar-refractivity contribution in [2.75, 3.05) is 50.9 Å². The lowest BCUT2D eigenvalue weighted by Crippen LogP contribution is -2.42. The summed E-state index contributed by atoms with van der Waals surface area (Å²) < 4.78 is 52.4. The molecule has 242 valence electrons. The number of imide groups is 1. The van der Waals surface area contributed by atoms with Crippen LogP contribution in [0.5, 0.6) is 23.0 Å². The highest BCUT2D eigenvalue weighted by molar-refractivity contribution is 7.82. The second kappa shape index (κ2) is 15.2. The van der Waals surface area contributed by atoms with E-state index in [1.807, 2.05) is 0 Å². The van der Waals surface area contributed by atoms with Gasteiger partial charge in [-0.05, 0) is 35.9 Å². The molecule has 1 fully saturated rings. The maximum absolute atomic E-state index is 15.2. The van der Waals surface area contributed by atoms with E-state index in [9.17, 15) is 19.1 Å². The number of anilines is 1. The Kier molecular flexibility index (Phi) is 10.9. The molecule has 14 heteroatoms. The summed E-state index contributed by atoms with van der Waals surface area (Å²) in [5.41, 5.74) is 0.615. The number of β-amino-alcohol motifs (C(OH)–C–C–N with tert-alkyl or cyclic N) is 1. The van der Waals surface area contributed by atoms with Crippen LogP contribution in [0.4, 0.5) is 19.3 Å². The molecule has 1 saturated heterocycles. The number of benzene rings is 3. The van der Waals surface area contributed by atoms with Gasteiger partial charge in [-0.25, -0.2) is 17.9 Å². The molecular formula is C32H32F2N4O7S. The fourth-order valence-electron chi connectivity index (χ4n) is 4.78. The topological polar surface area (TPSA) is 123 Å². The molecule has 3 amide bonds. The number of rotatable bonds is 11. The monoisotopic (exact) mass is 654 g/mol. The highest BCUT2D eigenvalue weighted by Crippen LogP contribution is 2.38. The summed E-state index contributed by atoms with van der Waals surface area (Å²) in [6.45, 7) is 3.23. The highest BCUT2D eigenvalue weighted by Gasteiger charge is 2.20. The van der Waals surface area contributed by atoms with E-state index < -0.39 is 29.7 Å². The number of aromatic nitrogens is 1. The highest BCUT2D eigenvalue weighted by atomic mass is 32.1. The van der Waals surface area contributed by atoms with Gasteiger partial charge >= 0.3 is 6.03 Å². The number of pyridine rings is 1. The minimum atomic E-state index is -0.948. The molecule has 0 bridgehead atoms. The molecule has 1 aliphatic rings. The molecule has 0 spiro atoms. The number of aliphatic hydroxyl groups is 1. The third kappa shape index (κ3) is 8.20. The molecule has 46 heavy (non-hydrogen) atoms. The van der Waals surface area contributed by atoms with Crippen molar-refractivity contribution < 1.29 is 42.4 Å². The number of fused-ring (bicyclic) bond motifs is 1. The number of halogens is 2. The van der Waals surface area contributed by atoms with Crippen molar-refractivity contribution in [3.8, 4) is 23.0 Å². The number of ether oxygens (including phenoxy) is 4. The number of carbonyl (C=O) groups is 2. The third-order valence-electron chi connectivity index (χ3n) is 7.12. The van der Waals surface area contributed by atoms with Crippen LogP contribution in [0.25, 0.3) is 10.9 Å². The summed E-state index contributed by atoms with van der Waals surface area (Å²) in [5.74, 6) is -1.29. The fourth-order valence-corrected chi connectivity index (χ4v) is 4.96. The van der Waals surface area contributed by atoms with Crippen molar-refractivity contribution in [1.29, 1.82) is 0 Å². The number of aliphatic hydroxyl groups excluding tert-OH is 1. The van der Waals surface area contributed by atoms with E-state index in [2.05, 4.69) is 28.0 Å². The Bertz CT molecular complexity index is 1710. The Morgan fingerprint density at radius 3 is 2.57 bits per heavy atom. The summed E-state index contributed by atoms with van der Waals surface area (Å²) in [6.07, 6.45) is 0.396. The largest absolute Gasteiger partial charge is 0.493 e. The molecule has 5 rings (SSSR count). The van der Waals surface area contributed by atoms with Crippen LogP contribution < -0.4 is 23.8 Å². The molecule has 0 aliphatic carbocycles. The lowest BCUT2D eigenvalue weighted by Gasteiger charge is -2.28. The number of urea groups is 1. The molecule has 2 N–H and O–H groups in total. The number of morpholine rings is 1. The average Bonchev–Trinajstić information content (AvgIpc) is 3.05. The Morgan fingerprint density at radius 2 is 1.83 bits per heavy atom. The van der Waals surface area contributed by atoms with Crippen LogP contribution in [-0.4, -0.2) is 79.6 Å². The first-order chi connectivity index (χ1) is 22.2. The maximum atomic E-state index is 15.2. The van der Waals surface area contributed by atoms with Gasteiger partial charge in [0.25, 0.3) is 0 Å². The minimum absolute atomic E-state index is 0.0169. The molecule has 3 aromatic carbocycles. The summed E-state index contributed by atoms with van der Waals surface area (Å²) in [4.78, 5) is 31.3. The van der Waals surface area contributed by atoms with E-state index in [4.69, 9.17) is 18.9 Å². The predicted molar refractivity (Wildman–Crippen MR) is 169 cm³/mol. The Balaban J connectivity index is 1.24. The molecule has 1 atom stereocenters. The van der Waals surface area contributed by atoms with Gasteiger partial charge in [-0.1, -0.05) is 31.0 Å². The van der Waals surface area contributed by atoms with Gasteiger partial charge in [0.05, 0.1) is 37.9 Å². The van der Waals surface area contributed by atoms with Crippen LogP contribution in [0.2, 0.25) is 0 Å². The summed E-state index contributed by atoms with van der Waals surface area (Å²) in [5, 5.41) is 13.1. The molecule has 1 aliphatic heterocycles. The van der Waals surface area contributed by atoms with Gasteiger partial charge in [-0.3, -0.25) is 20.0 Å². The summed E-state index contributed by atoms with van der Waals surface area (Å²) in [6, 6.07) is 13.3. The van der Waals surface area contributed by atoms with Gasteiger partial charge in [-0.2, -0.15) is 0 Å². The zero-order chi connectivity index (χ0) is 32.6. The quantitative estimate of drug-likeness (QED) is 0.201. The summed E-state index contributed by atoms with van der Waals surface area (Å²) in [7, 11) is 1.47. The normalized spacial score (nSPS) is 14.0.